The number of phenols is 1. The molecule has 20 heavy (non-hydrogen) atoms. The highest BCUT2D eigenvalue weighted by atomic mass is 16.5. The van der Waals surface area contributed by atoms with Gasteiger partial charge >= 0.3 is 0 Å². The third kappa shape index (κ3) is 3.90. The summed E-state index contributed by atoms with van der Waals surface area (Å²) in [4.78, 5) is 0. The van der Waals surface area contributed by atoms with Gasteiger partial charge in [0, 0.05) is 12.7 Å². The van der Waals surface area contributed by atoms with Crippen LogP contribution in [-0.2, 0) is 13.0 Å². The van der Waals surface area contributed by atoms with Crippen LogP contribution in [0.5, 0.6) is 17.2 Å². The quantitative estimate of drug-likeness (QED) is 0.849. The number of hydrogen-bond acceptors (Lipinski definition) is 4. The molecule has 106 valence electrons. The molecular formula is C16H18O4. The van der Waals surface area contributed by atoms with E-state index in [4.69, 9.17) is 14.6 Å². The Balaban J connectivity index is 2.02. The smallest absolute Gasteiger partial charge is 0.123 e. The van der Waals surface area contributed by atoms with E-state index in [1.165, 1.54) is 0 Å². The lowest BCUT2D eigenvalue weighted by atomic mass is 10.1. The number of aliphatic hydroxyl groups is 1. The SMILES string of the molecule is COc1ccc(COc2cc(O)cc(CCO)c2)cc1. The van der Waals surface area contributed by atoms with Crippen LogP contribution in [0.15, 0.2) is 42.5 Å². The van der Waals surface area contributed by atoms with Gasteiger partial charge in [-0.2, -0.15) is 0 Å². The fourth-order valence-corrected chi connectivity index (χ4v) is 1.89. The van der Waals surface area contributed by atoms with Crippen molar-refractivity contribution >= 4 is 0 Å². The number of phenolic OH excluding ortho intramolecular Hbond substituents is 1. The summed E-state index contributed by atoms with van der Waals surface area (Å²) in [5.74, 6) is 1.53. The van der Waals surface area contributed by atoms with Crippen LogP contribution < -0.4 is 9.47 Å². The number of aliphatic hydroxyl groups excluding tert-OH is 1. The van der Waals surface area contributed by atoms with E-state index in [1.807, 2.05) is 30.3 Å². The summed E-state index contributed by atoms with van der Waals surface area (Å²) in [6, 6.07) is 12.6. The van der Waals surface area contributed by atoms with E-state index in [9.17, 15) is 5.11 Å². The van der Waals surface area contributed by atoms with E-state index in [0.29, 0.717) is 18.8 Å². The van der Waals surface area contributed by atoms with Gasteiger partial charge < -0.3 is 19.7 Å². The summed E-state index contributed by atoms with van der Waals surface area (Å²) in [6.45, 7) is 0.452. The predicted molar refractivity (Wildman–Crippen MR) is 76.2 cm³/mol. The van der Waals surface area contributed by atoms with Crippen LogP contribution in [0.4, 0.5) is 0 Å². The van der Waals surface area contributed by atoms with E-state index in [-0.39, 0.29) is 12.4 Å². The minimum Gasteiger partial charge on any atom is -0.508 e. The van der Waals surface area contributed by atoms with Crippen molar-refractivity contribution in [2.24, 2.45) is 0 Å². The van der Waals surface area contributed by atoms with E-state index in [2.05, 4.69) is 0 Å². The molecule has 0 aliphatic carbocycles. The second kappa shape index (κ2) is 6.82. The largest absolute Gasteiger partial charge is 0.508 e. The average molecular weight is 274 g/mol. The van der Waals surface area contributed by atoms with Crippen LogP contribution in [-0.4, -0.2) is 23.9 Å². The molecule has 2 aromatic rings. The number of ether oxygens (including phenoxy) is 2. The Labute approximate surface area is 118 Å². The van der Waals surface area contributed by atoms with Gasteiger partial charge in [0.05, 0.1) is 7.11 Å². The third-order valence-corrected chi connectivity index (χ3v) is 2.92. The Morgan fingerprint density at radius 2 is 1.70 bits per heavy atom. The van der Waals surface area contributed by atoms with Crippen molar-refractivity contribution in [2.45, 2.75) is 13.0 Å². The van der Waals surface area contributed by atoms with E-state index in [0.717, 1.165) is 16.9 Å². The van der Waals surface area contributed by atoms with Crippen molar-refractivity contribution < 1.29 is 19.7 Å². The first-order valence-corrected chi connectivity index (χ1v) is 6.41. The van der Waals surface area contributed by atoms with Crippen LogP contribution in [0.25, 0.3) is 0 Å². The molecule has 0 spiro atoms. The zero-order valence-corrected chi connectivity index (χ0v) is 11.4. The van der Waals surface area contributed by atoms with Crippen LogP contribution in [0, 0.1) is 0 Å². The van der Waals surface area contributed by atoms with Crippen molar-refractivity contribution in [1.82, 2.24) is 0 Å². The van der Waals surface area contributed by atoms with Crippen molar-refractivity contribution in [3.63, 3.8) is 0 Å². The average Bonchev–Trinajstić information content (AvgIpc) is 2.45. The van der Waals surface area contributed by atoms with Gasteiger partial charge in [-0.15, -0.1) is 0 Å². The van der Waals surface area contributed by atoms with Gasteiger partial charge in [0.25, 0.3) is 0 Å². The first-order valence-electron chi connectivity index (χ1n) is 6.41. The zero-order chi connectivity index (χ0) is 14.4. The molecule has 2 aromatic carbocycles. The number of methoxy groups -OCH3 is 1. The minimum atomic E-state index is 0.0430. The van der Waals surface area contributed by atoms with Crippen LogP contribution in [0.3, 0.4) is 0 Å². The second-order valence-electron chi connectivity index (χ2n) is 4.45. The molecule has 4 heteroatoms. The van der Waals surface area contributed by atoms with Crippen LogP contribution >= 0.6 is 0 Å². The summed E-state index contributed by atoms with van der Waals surface area (Å²) >= 11 is 0. The fourth-order valence-electron chi connectivity index (χ4n) is 1.89. The highest BCUT2D eigenvalue weighted by Gasteiger charge is 2.02. The maximum Gasteiger partial charge on any atom is 0.123 e. The summed E-state index contributed by atoms with van der Waals surface area (Å²) in [7, 11) is 1.63. The van der Waals surface area contributed by atoms with E-state index in [1.54, 1.807) is 19.2 Å². The monoisotopic (exact) mass is 274 g/mol. The Bertz CT molecular complexity index is 549. The van der Waals surface area contributed by atoms with E-state index < -0.39 is 0 Å². The van der Waals surface area contributed by atoms with Gasteiger partial charge in [-0.3, -0.25) is 0 Å². The minimum absolute atomic E-state index is 0.0430. The van der Waals surface area contributed by atoms with Gasteiger partial charge in [-0.05, 0) is 41.8 Å². The highest BCUT2D eigenvalue weighted by molar-refractivity contribution is 5.38. The van der Waals surface area contributed by atoms with Crippen molar-refractivity contribution in [3.8, 4) is 17.2 Å². The lowest BCUT2D eigenvalue weighted by Gasteiger charge is -2.09. The maximum atomic E-state index is 9.61. The third-order valence-electron chi connectivity index (χ3n) is 2.92. The first-order chi connectivity index (χ1) is 9.71. The van der Waals surface area contributed by atoms with E-state index >= 15 is 0 Å². The standard InChI is InChI=1S/C16H18O4/c1-19-15-4-2-12(3-5-15)11-20-16-9-13(6-7-17)8-14(18)10-16/h2-5,8-10,17-18H,6-7,11H2,1H3. The Morgan fingerprint density at radius 3 is 2.35 bits per heavy atom. The van der Waals surface area contributed by atoms with Gasteiger partial charge in [-0.1, -0.05) is 12.1 Å². The molecule has 2 rings (SSSR count). The molecule has 0 aliphatic rings. The zero-order valence-electron chi connectivity index (χ0n) is 11.4. The lowest BCUT2D eigenvalue weighted by molar-refractivity contribution is 0.295. The molecule has 0 radical (unpaired) electrons. The normalized spacial score (nSPS) is 10.3. The molecule has 0 bridgehead atoms. The lowest BCUT2D eigenvalue weighted by Crippen LogP contribution is -1.97. The Morgan fingerprint density at radius 1 is 0.950 bits per heavy atom. The summed E-state index contributed by atoms with van der Waals surface area (Å²) in [6.07, 6.45) is 0.493. The summed E-state index contributed by atoms with van der Waals surface area (Å²) < 4.78 is 10.7. The second-order valence-corrected chi connectivity index (χ2v) is 4.45. The molecule has 0 atom stereocenters. The molecule has 0 unspecified atom stereocenters. The molecule has 4 nitrogen and oxygen atoms in total. The molecule has 0 saturated carbocycles. The van der Waals surface area contributed by atoms with Crippen molar-refractivity contribution in [3.05, 3.63) is 53.6 Å². The first kappa shape index (κ1) is 14.2. The number of aromatic hydroxyl groups is 1. The Hall–Kier alpha value is -2.20. The van der Waals surface area contributed by atoms with Crippen LogP contribution in [0.1, 0.15) is 11.1 Å². The van der Waals surface area contributed by atoms with Gasteiger partial charge in [0.2, 0.25) is 0 Å². The molecular weight excluding hydrogens is 256 g/mol. The molecule has 0 aliphatic heterocycles. The fraction of sp³-hybridized carbons (Fsp3) is 0.250. The van der Waals surface area contributed by atoms with Crippen molar-refractivity contribution in [1.29, 1.82) is 0 Å². The topological polar surface area (TPSA) is 58.9 Å². The predicted octanol–water partition coefficient (Wildman–Crippen LogP) is 2.51. The van der Waals surface area contributed by atoms with Gasteiger partial charge in [0.15, 0.2) is 0 Å². The van der Waals surface area contributed by atoms with Crippen LogP contribution in [0.2, 0.25) is 0 Å². The molecule has 0 saturated heterocycles. The van der Waals surface area contributed by atoms with Gasteiger partial charge in [-0.25, -0.2) is 0 Å². The molecule has 0 fully saturated rings. The summed E-state index contributed by atoms with van der Waals surface area (Å²) in [5, 5.41) is 18.5. The molecule has 0 amide bonds. The Kier molecular flexibility index (Phi) is 4.85. The number of rotatable bonds is 6. The highest BCUT2D eigenvalue weighted by Crippen LogP contribution is 2.23. The molecule has 0 heterocycles. The van der Waals surface area contributed by atoms with Gasteiger partial charge in [0.1, 0.15) is 23.9 Å². The number of hydrogen-bond donors (Lipinski definition) is 2. The summed E-state index contributed by atoms with van der Waals surface area (Å²) in [5.41, 5.74) is 1.86. The van der Waals surface area contributed by atoms with Crippen molar-refractivity contribution in [2.75, 3.05) is 13.7 Å². The number of benzene rings is 2. The molecule has 2 N–H and O–H groups in total. The molecule has 0 aromatic heterocycles. The maximum absolute atomic E-state index is 9.61.